The fourth-order valence-electron chi connectivity index (χ4n) is 12.7. The number of ketones is 1. The maximum Gasteiger partial charge on any atom is 0.408 e. The summed E-state index contributed by atoms with van der Waals surface area (Å²) >= 11 is 0. The highest BCUT2D eigenvalue weighted by Gasteiger charge is 2.78. The van der Waals surface area contributed by atoms with E-state index in [-0.39, 0.29) is 25.0 Å². The predicted molar refractivity (Wildman–Crippen MR) is 279 cm³/mol. The smallest absolute Gasteiger partial charge is 0.408 e. The van der Waals surface area contributed by atoms with E-state index in [9.17, 15) is 19.5 Å². The third kappa shape index (κ3) is 10.3. The maximum atomic E-state index is 16.2. The van der Waals surface area contributed by atoms with Gasteiger partial charge in [0, 0.05) is 18.8 Å². The molecular weight excluding hydrogens is 951 g/mol. The molecule has 72 heavy (non-hydrogen) atoms. The molecule has 0 spiro atoms. The summed E-state index contributed by atoms with van der Waals surface area (Å²) in [5, 5.41) is 16.1. The van der Waals surface area contributed by atoms with Gasteiger partial charge in [0.15, 0.2) is 34.1 Å². The summed E-state index contributed by atoms with van der Waals surface area (Å²) < 4.78 is 46.9. The number of hydrogen-bond donors (Lipinski definition) is 2. The number of alkyl carbamates (subject to hydrolysis) is 1. The Morgan fingerprint density at radius 2 is 1.39 bits per heavy atom. The van der Waals surface area contributed by atoms with E-state index in [2.05, 4.69) is 26.1 Å². The lowest BCUT2D eigenvalue weighted by atomic mass is 9.42. The lowest BCUT2D eigenvalue weighted by Crippen LogP contribution is -2.81. The van der Waals surface area contributed by atoms with Crippen LogP contribution in [0.1, 0.15) is 139 Å². The number of nitrogens with one attached hydrogen (secondary N) is 1. The quantitative estimate of drug-likeness (QED) is 0.0623. The van der Waals surface area contributed by atoms with Gasteiger partial charge in [-0.3, -0.25) is 9.59 Å². The van der Waals surface area contributed by atoms with Crippen molar-refractivity contribution in [3.05, 3.63) is 82.9 Å². The molecule has 398 valence electrons. The van der Waals surface area contributed by atoms with Crippen LogP contribution in [0.2, 0.25) is 36.3 Å². The van der Waals surface area contributed by atoms with Crippen LogP contribution in [0.3, 0.4) is 0 Å². The first-order chi connectivity index (χ1) is 33.7. The Balaban J connectivity index is 1.60. The van der Waals surface area contributed by atoms with Crippen LogP contribution < -0.4 is 5.32 Å². The minimum Gasteiger partial charge on any atom is -0.458 e. The van der Waals surface area contributed by atoms with Gasteiger partial charge in [0.1, 0.15) is 30.0 Å². The molecule has 1 heterocycles. The first-order valence-electron chi connectivity index (χ1n) is 26.3. The number of esters is 3. The Bertz CT molecular complexity index is 2310. The van der Waals surface area contributed by atoms with Crippen molar-refractivity contribution in [2.45, 2.75) is 207 Å². The molecule has 1 amide bonds. The van der Waals surface area contributed by atoms with Crippen molar-refractivity contribution >= 4 is 46.4 Å². The zero-order valence-electron chi connectivity index (χ0n) is 45.6. The Hall–Kier alpha value is -4.20. The Kier molecular flexibility index (Phi) is 17.1. The third-order valence-electron chi connectivity index (χ3n) is 17.8. The van der Waals surface area contributed by atoms with Crippen molar-refractivity contribution in [1.82, 2.24) is 5.32 Å². The summed E-state index contributed by atoms with van der Waals surface area (Å²) in [7, 11) is -5.20. The summed E-state index contributed by atoms with van der Waals surface area (Å²) in [4.78, 5) is 73.8. The number of benzene rings is 2. The summed E-state index contributed by atoms with van der Waals surface area (Å²) in [5.41, 5.74) is -4.74. The van der Waals surface area contributed by atoms with Crippen LogP contribution in [0.4, 0.5) is 4.79 Å². The number of carbonyl (C=O) groups is 5. The molecule has 0 radical (unpaired) electrons. The fraction of sp³-hybridized carbons (Fsp3) is 0.661. The molecule has 2 aromatic rings. The van der Waals surface area contributed by atoms with Crippen molar-refractivity contribution in [1.29, 1.82) is 0 Å². The van der Waals surface area contributed by atoms with Crippen molar-refractivity contribution in [3.8, 4) is 0 Å². The Morgan fingerprint density at radius 1 is 0.833 bits per heavy atom. The normalized spacial score (nSPS) is 30.0. The minimum atomic E-state index is -2.68. The molecule has 14 nitrogen and oxygen atoms in total. The van der Waals surface area contributed by atoms with Gasteiger partial charge in [-0.05, 0) is 112 Å². The van der Waals surface area contributed by atoms with Gasteiger partial charge in [0.2, 0.25) is 0 Å². The molecule has 3 aliphatic carbocycles. The van der Waals surface area contributed by atoms with Crippen molar-refractivity contribution < 1.29 is 61.6 Å². The van der Waals surface area contributed by atoms with Crippen LogP contribution in [-0.2, 0) is 46.9 Å². The highest BCUT2D eigenvalue weighted by atomic mass is 28.4. The molecule has 1 aliphatic heterocycles. The van der Waals surface area contributed by atoms with Crippen molar-refractivity contribution in [2.75, 3.05) is 6.61 Å². The second kappa shape index (κ2) is 21.6. The number of Topliss-reactive ketones (excluding diaryl/α,β-unsaturated/α-hetero) is 1. The van der Waals surface area contributed by atoms with Gasteiger partial charge in [-0.25, -0.2) is 14.4 Å². The highest BCUT2D eigenvalue weighted by Crippen LogP contribution is 2.67. The number of hydrogen-bond acceptors (Lipinski definition) is 13. The molecule has 16 heteroatoms. The summed E-state index contributed by atoms with van der Waals surface area (Å²) in [6.45, 7) is 28.3. The van der Waals surface area contributed by atoms with E-state index in [1.807, 2.05) is 71.9 Å². The average Bonchev–Trinajstić information content (AvgIpc) is 3.33. The van der Waals surface area contributed by atoms with Crippen molar-refractivity contribution in [3.63, 3.8) is 0 Å². The SMILES string of the molecule is CC[Si](CC)(CC)O[C@H]1C[C@H]2OC[C@@]2(OC(C)=O)[C@H]2[C@H](OC(=O)c3ccccc3)[C@]3(C)C[C@H](OC(=O)[C@H](O[Si](CC)(CC)CC)[C@@H](NC(=O)OC(C)(C)C)c4ccccc4)C(C)=C([C@@H](O)C(=O)[C@]12C)C3(C)C. The molecular formula is C56H83NO13Si2. The molecule has 0 unspecified atom stereocenters. The van der Waals surface area contributed by atoms with Gasteiger partial charge in [-0.15, -0.1) is 0 Å². The van der Waals surface area contributed by atoms with E-state index in [0.717, 1.165) is 18.1 Å². The second-order valence-corrected chi connectivity index (χ2v) is 32.2. The highest BCUT2D eigenvalue weighted by molar-refractivity contribution is 6.74. The van der Waals surface area contributed by atoms with Gasteiger partial charge >= 0.3 is 24.0 Å². The number of aliphatic hydroxyl groups excluding tert-OH is 1. The van der Waals surface area contributed by atoms with Gasteiger partial charge in [0.05, 0.1) is 35.6 Å². The van der Waals surface area contributed by atoms with Crippen LogP contribution in [0.5, 0.6) is 0 Å². The Labute approximate surface area is 430 Å². The number of aliphatic hydroxyl groups is 1. The predicted octanol–water partition coefficient (Wildman–Crippen LogP) is 10.6. The van der Waals surface area contributed by atoms with Gasteiger partial charge in [-0.2, -0.15) is 0 Å². The standard InChI is InChI=1S/C56H83NO13Si2/c1-16-71(17-2,18-3)69-40-32-41-56(34-64-41,67-36(8)58)46-48(66-49(61)38-30-26-23-27-31-38)54(14)33-39(35(7)42(53(54,12)13)44(59)47(60)55(40,46)15)65-50(62)45(70-72(19-4,20-5)21-6)43(37-28-24-22-25-29-37)57-51(63)68-52(9,10)11/h22-31,39-41,43-46,48,59H,16-21,32-34H2,1-15H3,(H,57,63)/t39-,40-,41+,43-,44+,45+,46-,48-,54-,55+,56-/m0/s1. The zero-order valence-corrected chi connectivity index (χ0v) is 47.6. The van der Waals surface area contributed by atoms with E-state index in [1.165, 1.54) is 6.92 Å². The number of amides is 1. The third-order valence-corrected chi connectivity index (χ3v) is 27.0. The van der Waals surface area contributed by atoms with Crippen LogP contribution in [0.25, 0.3) is 0 Å². The summed E-state index contributed by atoms with van der Waals surface area (Å²) in [5.74, 6) is -3.74. The molecule has 0 aromatic heterocycles. The second-order valence-electron chi connectivity index (χ2n) is 22.7. The molecule has 4 aliphatic rings. The Morgan fingerprint density at radius 3 is 1.89 bits per heavy atom. The lowest BCUT2D eigenvalue weighted by Gasteiger charge is -2.69. The number of ether oxygens (including phenoxy) is 5. The van der Waals surface area contributed by atoms with Gasteiger partial charge in [-0.1, -0.05) is 111 Å². The van der Waals surface area contributed by atoms with E-state index in [1.54, 1.807) is 65.0 Å². The van der Waals surface area contributed by atoms with Crippen LogP contribution in [-0.4, -0.2) is 106 Å². The van der Waals surface area contributed by atoms with E-state index in [0.29, 0.717) is 34.8 Å². The van der Waals surface area contributed by atoms with Crippen LogP contribution in [0.15, 0.2) is 71.8 Å². The lowest BCUT2D eigenvalue weighted by molar-refractivity contribution is -0.339. The maximum absolute atomic E-state index is 16.2. The van der Waals surface area contributed by atoms with Gasteiger partial charge in [0.25, 0.3) is 0 Å². The molecule has 2 saturated carbocycles. The number of carbonyl (C=O) groups excluding carboxylic acids is 5. The molecule has 2 bridgehead atoms. The molecule has 2 N–H and O–H groups in total. The van der Waals surface area contributed by atoms with Crippen molar-refractivity contribution in [2.24, 2.45) is 22.2 Å². The minimum absolute atomic E-state index is 0.0339. The molecule has 3 fully saturated rings. The summed E-state index contributed by atoms with van der Waals surface area (Å²) in [6.07, 6.45) is -7.57. The van der Waals surface area contributed by atoms with Crippen LogP contribution in [0, 0.1) is 22.2 Å². The first-order valence-corrected chi connectivity index (χ1v) is 31.4. The summed E-state index contributed by atoms with van der Waals surface area (Å²) in [6, 6.07) is 21.0. The fourth-order valence-corrected chi connectivity index (χ4v) is 18.4. The zero-order chi connectivity index (χ0) is 53.4. The molecule has 1 saturated heterocycles. The monoisotopic (exact) mass is 1030 g/mol. The first kappa shape index (κ1) is 57.1. The largest absolute Gasteiger partial charge is 0.458 e. The number of rotatable bonds is 18. The number of fused-ring (bicyclic) bond motifs is 5. The molecule has 2 aromatic carbocycles. The average molecular weight is 1030 g/mol. The van der Waals surface area contributed by atoms with E-state index in [4.69, 9.17) is 32.5 Å². The van der Waals surface area contributed by atoms with E-state index >= 15 is 9.59 Å². The van der Waals surface area contributed by atoms with E-state index < -0.39 is 122 Å². The topological polar surface area (TPSA) is 182 Å². The van der Waals surface area contributed by atoms with Crippen LogP contribution >= 0.6 is 0 Å². The van der Waals surface area contributed by atoms with Gasteiger partial charge < -0.3 is 43.0 Å². The molecule has 6 rings (SSSR count). The molecule has 11 atom stereocenters.